The molecule has 1 saturated carbocycles. The van der Waals surface area contributed by atoms with Gasteiger partial charge in [-0.25, -0.2) is 4.98 Å². The molecule has 1 fully saturated rings. The van der Waals surface area contributed by atoms with Gasteiger partial charge in [0.05, 0.1) is 17.2 Å². The highest BCUT2D eigenvalue weighted by molar-refractivity contribution is 9.10. The molecule has 3 rings (SSSR count). The maximum Gasteiger partial charge on any atom is 0.261 e. The molecule has 100 valence electrons. The Morgan fingerprint density at radius 3 is 2.79 bits per heavy atom. The predicted octanol–water partition coefficient (Wildman–Crippen LogP) is 3.72. The van der Waals surface area contributed by atoms with Crippen molar-refractivity contribution >= 4 is 42.8 Å². The summed E-state index contributed by atoms with van der Waals surface area (Å²) in [5.74, 6) is 0. The summed E-state index contributed by atoms with van der Waals surface area (Å²) in [7, 11) is 0. The van der Waals surface area contributed by atoms with E-state index >= 15 is 0 Å². The highest BCUT2D eigenvalue weighted by Crippen LogP contribution is 2.43. The molecular formula is C14H14Br2N2O. The second-order valence-electron chi connectivity index (χ2n) is 5.33. The van der Waals surface area contributed by atoms with Gasteiger partial charge in [-0.2, -0.15) is 0 Å². The van der Waals surface area contributed by atoms with Gasteiger partial charge in [0.2, 0.25) is 0 Å². The molecule has 1 heterocycles. The fourth-order valence-corrected chi connectivity index (χ4v) is 3.72. The van der Waals surface area contributed by atoms with Gasteiger partial charge in [0.15, 0.2) is 0 Å². The molecule has 1 aromatic carbocycles. The van der Waals surface area contributed by atoms with Crippen molar-refractivity contribution in [2.75, 3.05) is 5.33 Å². The Balaban J connectivity index is 2.05. The van der Waals surface area contributed by atoms with Crippen LogP contribution in [-0.4, -0.2) is 14.9 Å². The molecule has 0 atom stereocenters. The van der Waals surface area contributed by atoms with Gasteiger partial charge in [0.25, 0.3) is 5.56 Å². The maximum atomic E-state index is 12.5. The molecular weight excluding hydrogens is 372 g/mol. The van der Waals surface area contributed by atoms with Crippen molar-refractivity contribution < 1.29 is 0 Å². The van der Waals surface area contributed by atoms with Crippen molar-refractivity contribution in [1.82, 2.24) is 9.55 Å². The summed E-state index contributed by atoms with van der Waals surface area (Å²) in [6.45, 7) is 0.756. The van der Waals surface area contributed by atoms with Crippen LogP contribution in [0.2, 0.25) is 0 Å². The summed E-state index contributed by atoms with van der Waals surface area (Å²) in [6, 6.07) is 5.63. The first kappa shape index (κ1) is 13.3. The molecule has 0 spiro atoms. The van der Waals surface area contributed by atoms with Gasteiger partial charge in [-0.1, -0.05) is 38.3 Å². The summed E-state index contributed by atoms with van der Waals surface area (Å²) < 4.78 is 2.67. The van der Waals surface area contributed by atoms with E-state index in [1.165, 1.54) is 19.3 Å². The van der Waals surface area contributed by atoms with Crippen molar-refractivity contribution in [2.24, 2.45) is 5.41 Å². The largest absolute Gasteiger partial charge is 0.298 e. The van der Waals surface area contributed by atoms with E-state index in [4.69, 9.17) is 0 Å². The standard InChI is InChI=1S/C14H14Br2N2O/c15-7-14(4-1-5-14)8-18-9-17-12-3-2-10(16)6-11(12)13(18)19/h2-3,6,9H,1,4-5,7-8H2. The quantitative estimate of drug-likeness (QED) is 0.754. The first-order valence-corrected chi connectivity index (χ1v) is 8.26. The predicted molar refractivity (Wildman–Crippen MR) is 83.8 cm³/mol. The molecule has 0 amide bonds. The van der Waals surface area contributed by atoms with E-state index in [9.17, 15) is 4.79 Å². The number of fused-ring (bicyclic) bond motifs is 1. The van der Waals surface area contributed by atoms with Crippen molar-refractivity contribution in [3.8, 4) is 0 Å². The molecule has 0 unspecified atom stereocenters. The molecule has 1 aliphatic rings. The van der Waals surface area contributed by atoms with Crippen LogP contribution in [0.4, 0.5) is 0 Å². The maximum absolute atomic E-state index is 12.5. The third-order valence-corrected chi connectivity index (χ3v) is 5.67. The van der Waals surface area contributed by atoms with Crippen LogP contribution in [0.5, 0.6) is 0 Å². The summed E-state index contributed by atoms with van der Waals surface area (Å²) in [5, 5.41) is 1.63. The van der Waals surface area contributed by atoms with Crippen molar-refractivity contribution in [2.45, 2.75) is 25.8 Å². The molecule has 1 aliphatic carbocycles. The Labute approximate surface area is 128 Å². The zero-order valence-corrected chi connectivity index (χ0v) is 13.6. The molecule has 5 heteroatoms. The monoisotopic (exact) mass is 384 g/mol. The Morgan fingerprint density at radius 2 is 2.16 bits per heavy atom. The summed E-state index contributed by atoms with van der Waals surface area (Å²) in [4.78, 5) is 16.9. The number of benzene rings is 1. The number of nitrogens with zero attached hydrogens (tertiary/aromatic N) is 2. The van der Waals surface area contributed by atoms with Gasteiger partial charge in [-0.3, -0.25) is 9.36 Å². The zero-order chi connectivity index (χ0) is 13.5. The van der Waals surface area contributed by atoms with Gasteiger partial charge in [0.1, 0.15) is 0 Å². The van der Waals surface area contributed by atoms with Crippen molar-refractivity contribution in [3.05, 3.63) is 39.4 Å². The highest BCUT2D eigenvalue weighted by Gasteiger charge is 2.36. The number of alkyl halides is 1. The van der Waals surface area contributed by atoms with Gasteiger partial charge in [-0.15, -0.1) is 0 Å². The summed E-state index contributed by atoms with van der Waals surface area (Å²) in [6.07, 6.45) is 5.30. The third-order valence-electron chi connectivity index (χ3n) is 3.99. The summed E-state index contributed by atoms with van der Waals surface area (Å²) in [5.41, 5.74) is 1.05. The van der Waals surface area contributed by atoms with Gasteiger partial charge < -0.3 is 0 Å². The van der Waals surface area contributed by atoms with Crippen LogP contribution in [0.15, 0.2) is 33.8 Å². The Hall–Kier alpha value is -0.680. The average Bonchev–Trinajstić information content (AvgIpc) is 2.37. The lowest BCUT2D eigenvalue weighted by molar-refractivity contribution is 0.138. The van der Waals surface area contributed by atoms with Crippen LogP contribution in [0.3, 0.4) is 0 Å². The lowest BCUT2D eigenvalue weighted by atomic mass is 9.70. The average molecular weight is 386 g/mol. The minimum Gasteiger partial charge on any atom is -0.298 e. The molecule has 1 aromatic heterocycles. The third kappa shape index (κ3) is 2.38. The van der Waals surface area contributed by atoms with E-state index in [1.54, 1.807) is 10.9 Å². The van der Waals surface area contributed by atoms with Crippen LogP contribution in [0.1, 0.15) is 19.3 Å². The van der Waals surface area contributed by atoms with Gasteiger partial charge in [-0.05, 0) is 36.5 Å². The smallest absolute Gasteiger partial charge is 0.261 e. The van der Waals surface area contributed by atoms with Crippen LogP contribution in [0, 0.1) is 5.41 Å². The van der Waals surface area contributed by atoms with E-state index in [1.807, 2.05) is 18.2 Å². The molecule has 3 nitrogen and oxygen atoms in total. The highest BCUT2D eigenvalue weighted by atomic mass is 79.9. The molecule has 0 radical (unpaired) electrons. The molecule has 19 heavy (non-hydrogen) atoms. The van der Waals surface area contributed by atoms with Crippen LogP contribution in [0.25, 0.3) is 10.9 Å². The van der Waals surface area contributed by atoms with Crippen molar-refractivity contribution in [1.29, 1.82) is 0 Å². The number of hydrogen-bond acceptors (Lipinski definition) is 2. The van der Waals surface area contributed by atoms with Crippen molar-refractivity contribution in [3.63, 3.8) is 0 Å². The number of halogens is 2. The molecule has 0 N–H and O–H groups in total. The molecule has 0 bridgehead atoms. The van der Waals surface area contributed by atoms with Gasteiger partial charge >= 0.3 is 0 Å². The van der Waals surface area contributed by atoms with E-state index in [0.717, 1.165) is 21.9 Å². The Bertz CT molecular complexity index is 671. The molecule has 0 aliphatic heterocycles. The number of rotatable bonds is 3. The van der Waals surface area contributed by atoms with Crippen LogP contribution >= 0.6 is 31.9 Å². The topological polar surface area (TPSA) is 34.9 Å². The minimum absolute atomic E-state index is 0.0542. The van der Waals surface area contributed by atoms with E-state index < -0.39 is 0 Å². The first-order chi connectivity index (χ1) is 9.13. The lowest BCUT2D eigenvalue weighted by Crippen LogP contribution is -2.39. The van der Waals surface area contributed by atoms with Crippen LogP contribution in [-0.2, 0) is 6.54 Å². The van der Waals surface area contributed by atoms with E-state index in [0.29, 0.717) is 5.39 Å². The molecule has 0 saturated heterocycles. The Morgan fingerprint density at radius 1 is 1.37 bits per heavy atom. The number of hydrogen-bond donors (Lipinski definition) is 0. The first-order valence-electron chi connectivity index (χ1n) is 6.34. The van der Waals surface area contributed by atoms with Gasteiger partial charge in [0, 0.05) is 16.3 Å². The second-order valence-corrected chi connectivity index (χ2v) is 6.80. The molecule has 2 aromatic rings. The normalized spacial score (nSPS) is 17.4. The SMILES string of the molecule is O=c1c2cc(Br)ccc2ncn1CC1(CBr)CCC1. The fraction of sp³-hybridized carbons (Fsp3) is 0.429. The second kappa shape index (κ2) is 5.02. The number of aromatic nitrogens is 2. The lowest BCUT2D eigenvalue weighted by Gasteiger charge is -2.40. The zero-order valence-electron chi connectivity index (χ0n) is 10.4. The summed E-state index contributed by atoms with van der Waals surface area (Å²) >= 11 is 6.99. The fourth-order valence-electron chi connectivity index (χ4n) is 2.62. The minimum atomic E-state index is 0.0542. The van der Waals surface area contributed by atoms with Crippen LogP contribution < -0.4 is 5.56 Å². The Kier molecular flexibility index (Phi) is 3.52. The van der Waals surface area contributed by atoms with E-state index in [2.05, 4.69) is 36.8 Å². The van der Waals surface area contributed by atoms with E-state index in [-0.39, 0.29) is 11.0 Å².